The summed E-state index contributed by atoms with van der Waals surface area (Å²) in [6.45, 7) is 5.46. The molecule has 1 aliphatic rings. The first kappa shape index (κ1) is 16.0. The van der Waals surface area contributed by atoms with Crippen LogP contribution in [0, 0.1) is 0 Å². The van der Waals surface area contributed by atoms with Gasteiger partial charge >= 0.3 is 11.1 Å². The number of benzene rings is 1. The van der Waals surface area contributed by atoms with Gasteiger partial charge in [0.05, 0.1) is 23.2 Å². The van der Waals surface area contributed by atoms with Gasteiger partial charge in [0.25, 0.3) is 0 Å². The van der Waals surface area contributed by atoms with E-state index in [0.29, 0.717) is 18.0 Å². The van der Waals surface area contributed by atoms with E-state index >= 15 is 0 Å². The molecule has 0 bridgehead atoms. The number of para-hydroxylation sites is 1. The number of hydrogen-bond acceptors (Lipinski definition) is 4. The number of aromatic nitrogens is 2. The summed E-state index contributed by atoms with van der Waals surface area (Å²) >= 11 is 0. The maximum absolute atomic E-state index is 12.5. The first-order valence-electron chi connectivity index (χ1n) is 7.88. The average molecular weight is 318 g/mol. The Labute approximate surface area is 133 Å². The summed E-state index contributed by atoms with van der Waals surface area (Å²) < 4.78 is 2.83. The van der Waals surface area contributed by atoms with Crippen LogP contribution >= 0.6 is 0 Å². The van der Waals surface area contributed by atoms with E-state index in [-0.39, 0.29) is 6.54 Å². The molecule has 1 aliphatic heterocycles. The number of rotatable bonds is 3. The summed E-state index contributed by atoms with van der Waals surface area (Å²) in [7, 11) is 0. The normalized spacial score (nSPS) is 19.1. The third-order valence-electron chi connectivity index (χ3n) is 4.77. The molecule has 23 heavy (non-hydrogen) atoms. The van der Waals surface area contributed by atoms with Crippen LogP contribution in [0.5, 0.6) is 0 Å². The van der Waals surface area contributed by atoms with Crippen molar-refractivity contribution in [2.24, 2.45) is 0 Å². The van der Waals surface area contributed by atoms with Crippen LogP contribution < -0.4 is 11.1 Å². The number of aryl methyl sites for hydroxylation is 1. The van der Waals surface area contributed by atoms with Gasteiger partial charge in [0.1, 0.15) is 6.10 Å². The molecule has 0 radical (unpaired) electrons. The molecule has 0 saturated heterocycles. The Kier molecular flexibility index (Phi) is 3.69. The van der Waals surface area contributed by atoms with Gasteiger partial charge in [-0.1, -0.05) is 19.1 Å². The Morgan fingerprint density at radius 3 is 2.65 bits per heavy atom. The third kappa shape index (κ3) is 2.52. The molecule has 3 rings (SSSR count). The van der Waals surface area contributed by atoms with E-state index in [1.807, 2.05) is 12.1 Å². The molecule has 0 amide bonds. The van der Waals surface area contributed by atoms with Crippen LogP contribution in [-0.4, -0.2) is 31.1 Å². The van der Waals surface area contributed by atoms with Crippen molar-refractivity contribution in [3.05, 3.63) is 44.5 Å². The van der Waals surface area contributed by atoms with Crippen molar-refractivity contribution >= 4 is 11.0 Å². The van der Waals surface area contributed by atoms with Gasteiger partial charge in [-0.2, -0.15) is 0 Å². The van der Waals surface area contributed by atoms with E-state index in [1.54, 1.807) is 10.6 Å². The van der Waals surface area contributed by atoms with Crippen LogP contribution in [0.25, 0.3) is 11.0 Å². The fraction of sp³-hybridized carbons (Fsp3) is 0.529. The summed E-state index contributed by atoms with van der Waals surface area (Å²) in [6, 6.07) is 5.62. The molecule has 0 fully saturated rings. The van der Waals surface area contributed by atoms with Gasteiger partial charge in [-0.3, -0.25) is 14.2 Å². The molecule has 2 heterocycles. The number of aliphatic hydroxyl groups is 2. The Balaban J connectivity index is 2.31. The average Bonchev–Trinajstić information content (AvgIpc) is 2.49. The molecule has 1 aromatic carbocycles. The highest BCUT2D eigenvalue weighted by Crippen LogP contribution is 2.31. The van der Waals surface area contributed by atoms with Gasteiger partial charge in [0.2, 0.25) is 0 Å². The lowest BCUT2D eigenvalue weighted by Gasteiger charge is -2.28. The third-order valence-corrected chi connectivity index (χ3v) is 4.77. The van der Waals surface area contributed by atoms with Gasteiger partial charge in [-0.25, -0.2) is 0 Å². The summed E-state index contributed by atoms with van der Waals surface area (Å²) in [5, 5.41) is 20.1. The number of nitrogens with zero attached hydrogens (tertiary/aromatic N) is 2. The second-order valence-corrected chi connectivity index (χ2v) is 6.95. The molecule has 0 aliphatic carbocycles. The molecule has 6 nitrogen and oxygen atoms in total. The molecule has 0 spiro atoms. The lowest BCUT2D eigenvalue weighted by Crippen LogP contribution is -2.47. The van der Waals surface area contributed by atoms with Crippen LogP contribution in [0.3, 0.4) is 0 Å². The predicted octanol–water partition coefficient (Wildman–Crippen LogP) is 0.802. The van der Waals surface area contributed by atoms with E-state index in [2.05, 4.69) is 6.92 Å². The van der Waals surface area contributed by atoms with Crippen molar-refractivity contribution in [1.29, 1.82) is 0 Å². The molecular weight excluding hydrogens is 296 g/mol. The van der Waals surface area contributed by atoms with Crippen LogP contribution in [0.1, 0.15) is 38.7 Å². The van der Waals surface area contributed by atoms with Gasteiger partial charge in [-0.05, 0) is 37.8 Å². The number of aliphatic hydroxyl groups excluding tert-OH is 1. The second-order valence-electron chi connectivity index (χ2n) is 6.95. The molecule has 2 N–H and O–H groups in total. The van der Waals surface area contributed by atoms with Gasteiger partial charge in [0.15, 0.2) is 0 Å². The maximum atomic E-state index is 12.5. The van der Waals surface area contributed by atoms with E-state index in [1.165, 1.54) is 18.4 Å². The monoisotopic (exact) mass is 318 g/mol. The highest BCUT2D eigenvalue weighted by atomic mass is 16.3. The predicted molar refractivity (Wildman–Crippen MR) is 87.8 cm³/mol. The Hall–Kier alpha value is -1.92. The van der Waals surface area contributed by atoms with E-state index in [4.69, 9.17) is 0 Å². The molecule has 124 valence electrons. The molecular formula is C17H22N2O4. The second kappa shape index (κ2) is 5.32. The van der Waals surface area contributed by atoms with Gasteiger partial charge in [-0.15, -0.1) is 0 Å². The lowest BCUT2D eigenvalue weighted by atomic mass is 9.93. The van der Waals surface area contributed by atoms with Crippen molar-refractivity contribution in [3.63, 3.8) is 0 Å². The van der Waals surface area contributed by atoms with E-state index in [0.717, 1.165) is 17.5 Å². The Morgan fingerprint density at radius 2 is 2.00 bits per heavy atom. The highest BCUT2D eigenvalue weighted by Gasteiger charge is 2.28. The van der Waals surface area contributed by atoms with E-state index in [9.17, 15) is 19.8 Å². The fourth-order valence-corrected chi connectivity index (χ4v) is 3.17. The van der Waals surface area contributed by atoms with Crippen molar-refractivity contribution in [2.45, 2.75) is 57.9 Å². The zero-order valence-electron chi connectivity index (χ0n) is 13.6. The molecule has 1 aromatic heterocycles. The smallest absolute Gasteiger partial charge is 0.317 e. The number of hydrogen-bond donors (Lipinski definition) is 2. The first-order valence-corrected chi connectivity index (χ1v) is 7.88. The lowest BCUT2D eigenvalue weighted by molar-refractivity contribution is -0.0551. The zero-order valence-corrected chi connectivity index (χ0v) is 13.6. The quantitative estimate of drug-likeness (QED) is 0.820. The summed E-state index contributed by atoms with van der Waals surface area (Å²) in [5.41, 5.74) is -0.159. The van der Waals surface area contributed by atoms with Crippen LogP contribution in [0.15, 0.2) is 27.8 Å². The Bertz CT molecular complexity index is 873. The maximum Gasteiger partial charge on any atom is 0.317 e. The van der Waals surface area contributed by atoms with Crippen LogP contribution in [0.4, 0.5) is 0 Å². The molecule has 6 heteroatoms. The largest absolute Gasteiger partial charge is 0.388 e. The van der Waals surface area contributed by atoms with Crippen molar-refractivity contribution in [3.8, 4) is 0 Å². The van der Waals surface area contributed by atoms with Crippen LogP contribution in [0.2, 0.25) is 0 Å². The minimum absolute atomic E-state index is 0.118. The van der Waals surface area contributed by atoms with Crippen LogP contribution in [-0.2, 0) is 13.1 Å². The Morgan fingerprint density at radius 1 is 1.30 bits per heavy atom. The first-order chi connectivity index (χ1) is 10.7. The topological polar surface area (TPSA) is 84.5 Å². The molecule has 2 aromatic rings. The highest BCUT2D eigenvalue weighted by molar-refractivity contribution is 5.80. The summed E-state index contributed by atoms with van der Waals surface area (Å²) in [4.78, 5) is 24.9. The van der Waals surface area contributed by atoms with Crippen molar-refractivity contribution in [2.75, 3.05) is 0 Å². The molecule has 0 saturated carbocycles. The molecule has 2 unspecified atom stereocenters. The van der Waals surface area contributed by atoms with Crippen molar-refractivity contribution < 1.29 is 10.2 Å². The SMILES string of the molecule is CC1CCn2c(=O)c(=O)n(CC(O)C(C)(C)O)c3cccc1c32. The van der Waals surface area contributed by atoms with Crippen molar-refractivity contribution in [1.82, 2.24) is 9.13 Å². The molecule has 2 atom stereocenters. The standard InChI is InChI=1S/C17H22N2O4/c1-10-7-8-18-14-11(10)5-4-6-12(14)19(16(22)15(18)21)9-13(20)17(2,3)23/h4-6,10,13,20,23H,7-9H2,1-3H3. The van der Waals surface area contributed by atoms with E-state index < -0.39 is 22.8 Å². The minimum Gasteiger partial charge on any atom is -0.388 e. The van der Waals surface area contributed by atoms with Gasteiger partial charge < -0.3 is 14.8 Å². The van der Waals surface area contributed by atoms with Gasteiger partial charge in [0, 0.05) is 6.54 Å². The summed E-state index contributed by atoms with van der Waals surface area (Å²) in [5.74, 6) is 0.309. The zero-order chi connectivity index (χ0) is 16.9. The minimum atomic E-state index is -1.36. The fourth-order valence-electron chi connectivity index (χ4n) is 3.17. The summed E-state index contributed by atoms with van der Waals surface area (Å²) in [6.07, 6.45) is -0.329.